The number of benzene rings is 3. The first-order chi connectivity index (χ1) is 18.9. The van der Waals surface area contributed by atoms with Gasteiger partial charge in [-0.15, -0.1) is 6.58 Å². The van der Waals surface area contributed by atoms with Gasteiger partial charge in [0, 0.05) is 6.54 Å². The molecule has 1 aliphatic rings. The van der Waals surface area contributed by atoms with E-state index in [2.05, 4.69) is 111 Å². The van der Waals surface area contributed by atoms with Gasteiger partial charge in [0.15, 0.2) is 0 Å². The van der Waals surface area contributed by atoms with Gasteiger partial charge in [-0.1, -0.05) is 118 Å². The summed E-state index contributed by atoms with van der Waals surface area (Å²) in [5, 5.41) is 2.47. The van der Waals surface area contributed by atoms with E-state index >= 15 is 0 Å². The minimum atomic E-state index is -2.03. The maximum atomic E-state index is 13.8. The fourth-order valence-electron chi connectivity index (χ4n) is 6.14. The van der Waals surface area contributed by atoms with Crippen molar-refractivity contribution in [1.82, 2.24) is 4.90 Å². The Hall–Kier alpha value is -2.99. The molecule has 3 aromatic carbocycles. The Labute approximate surface area is 242 Å². The van der Waals surface area contributed by atoms with E-state index in [9.17, 15) is 4.79 Å². The van der Waals surface area contributed by atoms with Gasteiger partial charge in [-0.3, -0.25) is 9.69 Å². The molecule has 40 heavy (non-hydrogen) atoms. The van der Waals surface area contributed by atoms with Gasteiger partial charge in [-0.2, -0.15) is 0 Å². The summed E-state index contributed by atoms with van der Waals surface area (Å²) in [6.07, 6.45) is 2.74. The Kier molecular flexibility index (Phi) is 9.18. The Balaban J connectivity index is 1.78. The SMILES string of the molecule is C=C[C@]1(CO[SiH](c2ccccc2)c2ccccc2)[C@H](C(C)(C)C)C[C@H](C(=O)OC(C)(C)C)N1Cc1ccccc1. The van der Waals surface area contributed by atoms with Crippen molar-refractivity contribution in [2.75, 3.05) is 6.61 Å². The molecule has 1 fully saturated rings. The van der Waals surface area contributed by atoms with Crippen LogP contribution in [0.1, 0.15) is 53.5 Å². The van der Waals surface area contributed by atoms with Crippen LogP contribution in [-0.2, 0) is 20.5 Å². The number of carbonyl (C=O) groups is 1. The van der Waals surface area contributed by atoms with Crippen molar-refractivity contribution < 1.29 is 14.0 Å². The van der Waals surface area contributed by atoms with Crippen LogP contribution in [0.25, 0.3) is 0 Å². The molecule has 1 aliphatic heterocycles. The van der Waals surface area contributed by atoms with Crippen LogP contribution in [0.15, 0.2) is 104 Å². The summed E-state index contributed by atoms with van der Waals surface area (Å²) in [6.45, 7) is 18.0. The standard InChI is InChI=1S/C35H45NO3Si/c1-8-35(26-38-40(28-20-14-10-15-21-28)29-22-16-11-17-23-29)31(33(2,3)4)24-30(32(37)39-34(5,6)7)36(35)25-27-18-12-9-13-19-27/h8-23,30-31,40H,1,24-26H2,2-7H3/t30-,31+,35+/m1/s1. The normalized spacial score (nSPS) is 21.9. The van der Waals surface area contributed by atoms with Crippen LogP contribution < -0.4 is 10.4 Å². The Bertz CT molecular complexity index is 1210. The van der Waals surface area contributed by atoms with Crippen LogP contribution >= 0.6 is 0 Å². The average Bonchev–Trinajstić information content (AvgIpc) is 3.24. The first-order valence-electron chi connectivity index (χ1n) is 14.3. The fraction of sp³-hybridized carbons (Fsp3) is 0.400. The highest BCUT2D eigenvalue weighted by atomic mass is 28.3. The van der Waals surface area contributed by atoms with Gasteiger partial charge in [0.1, 0.15) is 11.6 Å². The van der Waals surface area contributed by atoms with Crippen molar-refractivity contribution in [1.29, 1.82) is 0 Å². The average molecular weight is 556 g/mol. The van der Waals surface area contributed by atoms with E-state index in [4.69, 9.17) is 9.16 Å². The number of ether oxygens (including phenoxy) is 1. The van der Waals surface area contributed by atoms with Gasteiger partial charge in [-0.05, 0) is 54.5 Å². The molecule has 0 unspecified atom stereocenters. The number of hydrogen-bond donors (Lipinski definition) is 0. The molecule has 5 heteroatoms. The first-order valence-corrected chi connectivity index (χ1v) is 16.0. The third-order valence-corrected chi connectivity index (χ3v) is 10.4. The topological polar surface area (TPSA) is 38.8 Å². The Morgan fingerprint density at radius 1 is 0.900 bits per heavy atom. The molecular formula is C35H45NO3Si. The molecule has 0 spiro atoms. The van der Waals surface area contributed by atoms with Crippen molar-refractivity contribution in [3.8, 4) is 0 Å². The summed E-state index contributed by atoms with van der Waals surface area (Å²) in [5.74, 6) is -0.0544. The predicted octanol–water partition coefficient (Wildman–Crippen LogP) is 5.74. The van der Waals surface area contributed by atoms with Gasteiger partial charge in [0.25, 0.3) is 0 Å². The summed E-state index contributed by atoms with van der Waals surface area (Å²) in [7, 11) is -2.03. The number of esters is 1. The third-order valence-electron chi connectivity index (χ3n) is 7.93. The molecule has 0 amide bonds. The van der Waals surface area contributed by atoms with Crippen LogP contribution in [0, 0.1) is 11.3 Å². The second-order valence-corrected chi connectivity index (χ2v) is 15.5. The van der Waals surface area contributed by atoms with Gasteiger partial charge in [0.2, 0.25) is 9.04 Å². The van der Waals surface area contributed by atoms with Gasteiger partial charge < -0.3 is 9.16 Å². The number of carbonyl (C=O) groups excluding carboxylic acids is 1. The zero-order valence-corrected chi connectivity index (χ0v) is 26.1. The summed E-state index contributed by atoms with van der Waals surface area (Å²) >= 11 is 0. The molecule has 0 radical (unpaired) electrons. The lowest BCUT2D eigenvalue weighted by Crippen LogP contribution is -2.58. The molecule has 1 saturated heterocycles. The lowest BCUT2D eigenvalue weighted by atomic mass is 9.69. The van der Waals surface area contributed by atoms with E-state index in [1.807, 2.05) is 39.0 Å². The van der Waals surface area contributed by atoms with Crippen molar-refractivity contribution >= 4 is 25.4 Å². The number of likely N-dealkylation sites (tertiary alicyclic amines) is 1. The smallest absolute Gasteiger partial charge is 0.323 e. The molecule has 4 rings (SSSR count). The van der Waals surface area contributed by atoms with Gasteiger partial charge >= 0.3 is 5.97 Å². The maximum Gasteiger partial charge on any atom is 0.323 e. The molecule has 0 saturated carbocycles. The molecule has 0 aliphatic carbocycles. The largest absolute Gasteiger partial charge is 0.459 e. The molecule has 0 bridgehead atoms. The number of nitrogens with zero attached hydrogens (tertiary/aromatic N) is 1. The highest BCUT2D eigenvalue weighted by molar-refractivity contribution is 6.80. The van der Waals surface area contributed by atoms with E-state index in [1.165, 1.54) is 10.4 Å². The zero-order chi connectivity index (χ0) is 29.0. The number of hydrogen-bond acceptors (Lipinski definition) is 4. The Morgan fingerprint density at radius 2 is 1.40 bits per heavy atom. The molecule has 1 heterocycles. The molecule has 212 valence electrons. The first kappa shape index (κ1) is 30.0. The highest BCUT2D eigenvalue weighted by Gasteiger charge is 2.58. The molecule has 0 N–H and O–H groups in total. The molecule has 0 aromatic heterocycles. The van der Waals surface area contributed by atoms with Crippen LogP contribution in [0.4, 0.5) is 0 Å². The van der Waals surface area contributed by atoms with E-state index in [0.717, 1.165) is 5.56 Å². The minimum absolute atomic E-state index is 0.0974. The second-order valence-electron chi connectivity index (χ2n) is 13.0. The minimum Gasteiger partial charge on any atom is -0.459 e. The monoisotopic (exact) mass is 555 g/mol. The van der Waals surface area contributed by atoms with Gasteiger partial charge in [-0.25, -0.2) is 0 Å². The van der Waals surface area contributed by atoms with Crippen molar-refractivity contribution in [2.24, 2.45) is 11.3 Å². The van der Waals surface area contributed by atoms with Gasteiger partial charge in [0.05, 0.1) is 12.1 Å². The third kappa shape index (κ3) is 6.83. The summed E-state index contributed by atoms with van der Waals surface area (Å²) in [6, 6.07) is 31.1. The van der Waals surface area contributed by atoms with E-state index < -0.39 is 26.2 Å². The second kappa shape index (κ2) is 12.3. The van der Waals surface area contributed by atoms with Crippen LogP contribution in [0.3, 0.4) is 0 Å². The maximum absolute atomic E-state index is 13.8. The number of rotatable bonds is 9. The predicted molar refractivity (Wildman–Crippen MR) is 167 cm³/mol. The fourth-order valence-corrected chi connectivity index (χ4v) is 8.49. The lowest BCUT2D eigenvalue weighted by molar-refractivity contribution is -0.162. The molecule has 3 atom stereocenters. The zero-order valence-electron chi connectivity index (χ0n) is 25.0. The summed E-state index contributed by atoms with van der Waals surface area (Å²) in [5.41, 5.74) is -0.0808. The molecular weight excluding hydrogens is 510 g/mol. The van der Waals surface area contributed by atoms with Crippen molar-refractivity contribution in [3.63, 3.8) is 0 Å². The Morgan fingerprint density at radius 3 is 1.85 bits per heavy atom. The van der Waals surface area contributed by atoms with Crippen LogP contribution in [-0.4, -0.2) is 43.7 Å². The van der Waals surface area contributed by atoms with Crippen molar-refractivity contribution in [3.05, 3.63) is 109 Å². The quantitative estimate of drug-likeness (QED) is 0.192. The van der Waals surface area contributed by atoms with Crippen LogP contribution in [0.2, 0.25) is 0 Å². The summed E-state index contributed by atoms with van der Waals surface area (Å²) in [4.78, 5) is 16.1. The van der Waals surface area contributed by atoms with Crippen LogP contribution in [0.5, 0.6) is 0 Å². The molecule has 3 aromatic rings. The van der Waals surface area contributed by atoms with Crippen molar-refractivity contribution in [2.45, 2.75) is 71.7 Å². The van der Waals surface area contributed by atoms with E-state index in [-0.39, 0.29) is 17.3 Å². The van der Waals surface area contributed by atoms with E-state index in [0.29, 0.717) is 19.6 Å². The van der Waals surface area contributed by atoms with E-state index in [1.54, 1.807) is 0 Å². The lowest BCUT2D eigenvalue weighted by Gasteiger charge is -2.46. The summed E-state index contributed by atoms with van der Waals surface area (Å²) < 4.78 is 13.1. The molecule has 4 nitrogen and oxygen atoms in total. The highest BCUT2D eigenvalue weighted by Crippen LogP contribution is 2.50.